The Hall–Kier alpha value is -0.860. The van der Waals surface area contributed by atoms with Crippen LogP contribution in [-0.2, 0) is 9.53 Å². The number of carbonyl (C=O) groups is 1. The number of ether oxygens (including phenoxy) is 1. The molecule has 0 saturated carbocycles. The highest BCUT2D eigenvalue weighted by molar-refractivity contribution is 5.70. The average Bonchev–Trinajstić information content (AvgIpc) is 2.02. The van der Waals surface area contributed by atoms with Crippen molar-refractivity contribution in [3.8, 4) is 0 Å². The van der Waals surface area contributed by atoms with E-state index in [-0.39, 0.29) is 6.61 Å². The minimum Gasteiger partial charge on any atom is -0.542 e. The summed E-state index contributed by atoms with van der Waals surface area (Å²) in [6, 6.07) is 0. The Bertz CT molecular complexity index is 198. The number of carboxylic acids is 1. The fraction of sp³-hybridized carbons (Fsp3) is 0.875. The number of alkyl halides is 3. The van der Waals surface area contributed by atoms with Crippen LogP contribution in [0, 0.1) is 0 Å². The molecule has 0 bridgehead atoms. The van der Waals surface area contributed by atoms with Gasteiger partial charge in [-0.15, -0.1) is 0 Å². The summed E-state index contributed by atoms with van der Waals surface area (Å²) in [6.07, 6.45) is -5.19. The fourth-order valence-electron chi connectivity index (χ4n) is 0.685. The zero-order chi connectivity index (χ0) is 13.4. The third kappa shape index (κ3) is 11.2. The summed E-state index contributed by atoms with van der Waals surface area (Å²) in [5.41, 5.74) is 0. The first-order valence-electron chi connectivity index (χ1n) is 4.27. The van der Waals surface area contributed by atoms with E-state index in [9.17, 15) is 13.2 Å². The van der Waals surface area contributed by atoms with Gasteiger partial charge >= 0.3 is 6.18 Å². The van der Waals surface area contributed by atoms with Gasteiger partial charge < -0.3 is 24.2 Å². The second-order valence-corrected chi connectivity index (χ2v) is 3.59. The van der Waals surface area contributed by atoms with Crippen molar-refractivity contribution in [3.63, 3.8) is 0 Å². The molecular formula is C8H16F3NO4. The van der Waals surface area contributed by atoms with Gasteiger partial charge in [-0.1, -0.05) is 0 Å². The zero-order valence-electron chi connectivity index (χ0n) is 9.37. The van der Waals surface area contributed by atoms with E-state index in [1.165, 1.54) is 0 Å². The summed E-state index contributed by atoms with van der Waals surface area (Å²) >= 11 is 0. The predicted molar refractivity (Wildman–Crippen MR) is 47.0 cm³/mol. The zero-order valence-corrected chi connectivity index (χ0v) is 9.37. The third-order valence-corrected chi connectivity index (χ3v) is 1.42. The molecule has 0 heterocycles. The Kier molecular flexibility index (Phi) is 8.13. The minimum absolute atomic E-state index is 0.219. The summed E-state index contributed by atoms with van der Waals surface area (Å²) < 4.78 is 37.2. The molecule has 0 aromatic carbocycles. The molecule has 0 aliphatic rings. The van der Waals surface area contributed by atoms with Crippen LogP contribution in [0.1, 0.15) is 0 Å². The van der Waals surface area contributed by atoms with Gasteiger partial charge in [0, 0.05) is 7.11 Å². The number of carboxylic acid groups (broad SMARTS) is 1. The summed E-state index contributed by atoms with van der Waals surface area (Å²) in [5, 5.41) is 17.3. The number of hydrogen-bond acceptors (Lipinski definition) is 4. The second-order valence-electron chi connectivity index (χ2n) is 3.59. The highest BCUT2D eigenvalue weighted by Crippen LogP contribution is 2.11. The summed E-state index contributed by atoms with van der Waals surface area (Å²) in [4.78, 5) is 8.78. The van der Waals surface area contributed by atoms with Gasteiger partial charge in [0.05, 0.1) is 20.7 Å². The van der Waals surface area contributed by atoms with Crippen molar-refractivity contribution in [1.29, 1.82) is 0 Å². The highest BCUT2D eigenvalue weighted by atomic mass is 19.4. The van der Waals surface area contributed by atoms with Crippen molar-refractivity contribution >= 4 is 5.97 Å². The van der Waals surface area contributed by atoms with Crippen molar-refractivity contribution in [1.82, 2.24) is 0 Å². The number of rotatable bonds is 4. The van der Waals surface area contributed by atoms with Crippen LogP contribution in [0.15, 0.2) is 0 Å². The van der Waals surface area contributed by atoms with Crippen LogP contribution < -0.4 is 5.11 Å². The number of aliphatic hydroxyl groups is 1. The van der Waals surface area contributed by atoms with Crippen LogP contribution in [0.3, 0.4) is 0 Å². The monoisotopic (exact) mass is 247 g/mol. The van der Waals surface area contributed by atoms with E-state index in [0.717, 1.165) is 6.54 Å². The quantitative estimate of drug-likeness (QED) is 0.509. The summed E-state index contributed by atoms with van der Waals surface area (Å²) in [6.45, 7) is 1.62. The van der Waals surface area contributed by atoms with Crippen molar-refractivity contribution < 1.29 is 37.4 Å². The molecule has 0 amide bonds. The standard InChI is InChI=1S/C6H16NO2.C2HF3O2/c1-7(2,4-5-8)6-9-3;3-2(4,5)1(6)7/h8H,4-6H2,1-3H3;(H,6,7)/q+1;/p-1. The molecule has 98 valence electrons. The number of aliphatic carboxylic acids is 1. The second kappa shape index (κ2) is 7.42. The molecule has 16 heavy (non-hydrogen) atoms. The van der Waals surface area contributed by atoms with Gasteiger partial charge in [-0.3, -0.25) is 0 Å². The number of methoxy groups -OCH3 is 1. The Balaban J connectivity index is 0. The molecule has 0 fully saturated rings. The largest absolute Gasteiger partial charge is 0.542 e. The number of likely N-dealkylation sites (N-methyl/N-ethyl adjacent to an activating group) is 1. The molecule has 0 atom stereocenters. The van der Waals surface area contributed by atoms with E-state index in [0.29, 0.717) is 11.2 Å². The van der Waals surface area contributed by atoms with Gasteiger partial charge in [0.25, 0.3) is 0 Å². The Morgan fingerprint density at radius 1 is 1.44 bits per heavy atom. The lowest BCUT2D eigenvalue weighted by Gasteiger charge is -2.27. The predicted octanol–water partition coefficient (Wildman–Crippen LogP) is -1.04. The number of quaternary nitrogens is 1. The van der Waals surface area contributed by atoms with E-state index in [2.05, 4.69) is 0 Å². The van der Waals surface area contributed by atoms with Crippen LogP contribution >= 0.6 is 0 Å². The van der Waals surface area contributed by atoms with Crippen LogP contribution in [0.5, 0.6) is 0 Å². The highest BCUT2D eigenvalue weighted by Gasteiger charge is 2.28. The van der Waals surface area contributed by atoms with E-state index in [4.69, 9.17) is 19.7 Å². The first kappa shape index (κ1) is 17.5. The maximum absolute atomic E-state index is 10.5. The lowest BCUT2D eigenvalue weighted by atomic mass is 10.5. The molecule has 0 aromatic rings. The first-order valence-corrected chi connectivity index (χ1v) is 4.27. The maximum Gasteiger partial charge on any atom is 0.430 e. The first-order chi connectivity index (χ1) is 7.06. The molecule has 1 N–H and O–H groups in total. The molecule has 0 spiro atoms. The molecule has 0 saturated heterocycles. The number of carbonyl (C=O) groups excluding carboxylic acids is 1. The summed E-state index contributed by atoms with van der Waals surface area (Å²) in [7, 11) is 5.69. The minimum atomic E-state index is -5.19. The number of nitrogens with zero attached hydrogens (tertiary/aromatic N) is 1. The molecule has 0 unspecified atom stereocenters. The molecule has 5 nitrogen and oxygen atoms in total. The third-order valence-electron chi connectivity index (χ3n) is 1.42. The number of halogens is 3. The van der Waals surface area contributed by atoms with Gasteiger partial charge in [-0.2, -0.15) is 13.2 Å². The van der Waals surface area contributed by atoms with Gasteiger partial charge in [-0.25, -0.2) is 0 Å². The fourth-order valence-corrected chi connectivity index (χ4v) is 0.685. The molecule has 0 aliphatic carbocycles. The van der Waals surface area contributed by atoms with E-state index < -0.39 is 12.1 Å². The number of aliphatic hydroxyl groups excluding tert-OH is 1. The van der Waals surface area contributed by atoms with Gasteiger partial charge in [-0.05, 0) is 0 Å². The lowest BCUT2D eigenvalue weighted by molar-refractivity contribution is -0.909. The topological polar surface area (TPSA) is 69.6 Å². The molecule has 0 radical (unpaired) electrons. The van der Waals surface area contributed by atoms with Crippen LogP contribution in [0.4, 0.5) is 13.2 Å². The average molecular weight is 247 g/mol. The van der Waals surface area contributed by atoms with Crippen molar-refractivity contribution in [3.05, 3.63) is 0 Å². The van der Waals surface area contributed by atoms with Gasteiger partial charge in [0.15, 0.2) is 6.73 Å². The van der Waals surface area contributed by atoms with Crippen LogP contribution in [0.2, 0.25) is 0 Å². The Morgan fingerprint density at radius 3 is 2.00 bits per heavy atom. The Labute approximate surface area is 91.6 Å². The van der Waals surface area contributed by atoms with E-state index in [1.54, 1.807) is 7.11 Å². The number of hydrogen-bond donors (Lipinski definition) is 1. The van der Waals surface area contributed by atoms with Gasteiger partial charge in [0.2, 0.25) is 0 Å². The molecule has 0 rings (SSSR count). The van der Waals surface area contributed by atoms with Crippen molar-refractivity contribution in [2.75, 3.05) is 41.1 Å². The van der Waals surface area contributed by atoms with Crippen LogP contribution in [0.25, 0.3) is 0 Å². The lowest BCUT2D eigenvalue weighted by Crippen LogP contribution is -2.43. The smallest absolute Gasteiger partial charge is 0.430 e. The Morgan fingerprint density at radius 2 is 1.81 bits per heavy atom. The van der Waals surface area contributed by atoms with Crippen LogP contribution in [-0.4, -0.2) is 62.8 Å². The maximum atomic E-state index is 10.5. The van der Waals surface area contributed by atoms with E-state index in [1.807, 2.05) is 14.1 Å². The van der Waals surface area contributed by atoms with Crippen molar-refractivity contribution in [2.24, 2.45) is 0 Å². The molecular weight excluding hydrogens is 231 g/mol. The molecule has 0 aromatic heterocycles. The summed E-state index contributed by atoms with van der Waals surface area (Å²) in [5.74, 6) is -3.01. The normalized spacial score (nSPS) is 11.7. The van der Waals surface area contributed by atoms with E-state index >= 15 is 0 Å². The van der Waals surface area contributed by atoms with Gasteiger partial charge in [0.1, 0.15) is 12.5 Å². The molecule has 0 aliphatic heterocycles. The molecule has 8 heteroatoms. The SMILES string of the molecule is COC[N+](C)(C)CCO.O=C([O-])C(F)(F)F. The van der Waals surface area contributed by atoms with Crippen molar-refractivity contribution in [2.45, 2.75) is 6.18 Å².